The van der Waals surface area contributed by atoms with Gasteiger partial charge in [0.2, 0.25) is 5.95 Å². The number of carbonyl (C=O) groups excluding carboxylic acids is 1. The first-order valence-electron chi connectivity index (χ1n) is 9.21. The van der Waals surface area contributed by atoms with E-state index in [1.54, 1.807) is 6.20 Å². The second kappa shape index (κ2) is 7.82. The standard InChI is InChI=1S/C18H27N5O2/c1-3-9-19-17(25)15-10-12-11-20-18(22-16(12)23(15)4-2)21-13-5-7-14(24)8-6-13/h10-11,13-14,24H,3-9H2,1-2H3,(H,19,25)(H,20,21,22)/t13-,14-. The number of aromatic nitrogens is 3. The summed E-state index contributed by atoms with van der Waals surface area (Å²) in [5, 5.41) is 16.8. The average molecular weight is 345 g/mol. The number of hydrogen-bond donors (Lipinski definition) is 3. The molecule has 2 aromatic heterocycles. The summed E-state index contributed by atoms with van der Waals surface area (Å²) in [6.45, 7) is 5.37. The number of aryl methyl sites for hydroxylation is 1. The molecule has 7 nitrogen and oxygen atoms in total. The maximum absolute atomic E-state index is 12.4. The van der Waals surface area contributed by atoms with Crippen LogP contribution in [0.5, 0.6) is 0 Å². The number of hydrogen-bond acceptors (Lipinski definition) is 5. The Hall–Kier alpha value is -2.15. The van der Waals surface area contributed by atoms with Gasteiger partial charge in [0, 0.05) is 30.7 Å². The lowest BCUT2D eigenvalue weighted by Gasteiger charge is -2.26. The van der Waals surface area contributed by atoms with Crippen molar-refractivity contribution in [2.75, 3.05) is 11.9 Å². The van der Waals surface area contributed by atoms with E-state index in [-0.39, 0.29) is 12.0 Å². The lowest BCUT2D eigenvalue weighted by molar-refractivity contribution is 0.0945. The van der Waals surface area contributed by atoms with Crippen molar-refractivity contribution in [2.45, 2.75) is 64.6 Å². The van der Waals surface area contributed by atoms with E-state index in [0.29, 0.717) is 30.8 Å². The molecule has 1 aliphatic rings. The van der Waals surface area contributed by atoms with E-state index in [0.717, 1.165) is 43.1 Å². The lowest BCUT2D eigenvalue weighted by Crippen LogP contribution is -2.29. The van der Waals surface area contributed by atoms with Crippen molar-refractivity contribution < 1.29 is 9.90 Å². The zero-order valence-corrected chi connectivity index (χ0v) is 15.0. The van der Waals surface area contributed by atoms with Crippen molar-refractivity contribution in [2.24, 2.45) is 0 Å². The van der Waals surface area contributed by atoms with Crippen molar-refractivity contribution in [3.8, 4) is 0 Å². The zero-order valence-electron chi connectivity index (χ0n) is 15.0. The van der Waals surface area contributed by atoms with Gasteiger partial charge in [0.1, 0.15) is 11.3 Å². The number of anilines is 1. The Morgan fingerprint density at radius 1 is 1.32 bits per heavy atom. The Morgan fingerprint density at radius 3 is 2.76 bits per heavy atom. The van der Waals surface area contributed by atoms with Crippen LogP contribution in [-0.4, -0.2) is 44.2 Å². The molecular formula is C18H27N5O2. The molecule has 0 atom stereocenters. The van der Waals surface area contributed by atoms with E-state index in [2.05, 4.69) is 20.6 Å². The van der Waals surface area contributed by atoms with Crippen molar-refractivity contribution in [3.63, 3.8) is 0 Å². The molecule has 1 amide bonds. The molecule has 136 valence electrons. The Morgan fingerprint density at radius 2 is 2.08 bits per heavy atom. The zero-order chi connectivity index (χ0) is 17.8. The van der Waals surface area contributed by atoms with Crippen LogP contribution in [0.15, 0.2) is 12.3 Å². The van der Waals surface area contributed by atoms with Gasteiger partial charge in [-0.2, -0.15) is 4.98 Å². The number of amides is 1. The fraction of sp³-hybridized carbons (Fsp3) is 0.611. The van der Waals surface area contributed by atoms with Crippen LogP contribution in [0.25, 0.3) is 11.0 Å². The van der Waals surface area contributed by atoms with Crippen LogP contribution in [0.3, 0.4) is 0 Å². The van der Waals surface area contributed by atoms with Gasteiger partial charge in [0.05, 0.1) is 6.10 Å². The fourth-order valence-corrected chi connectivity index (χ4v) is 3.35. The number of aliphatic hydroxyl groups excluding tert-OH is 1. The molecule has 0 unspecified atom stereocenters. The van der Waals surface area contributed by atoms with Gasteiger partial charge in [-0.1, -0.05) is 6.92 Å². The molecule has 0 radical (unpaired) electrons. The number of aliphatic hydroxyl groups is 1. The van der Waals surface area contributed by atoms with Crippen molar-refractivity contribution in [1.29, 1.82) is 0 Å². The van der Waals surface area contributed by atoms with E-state index in [4.69, 9.17) is 0 Å². The topological polar surface area (TPSA) is 92.1 Å². The minimum atomic E-state index is -0.178. The minimum Gasteiger partial charge on any atom is -0.393 e. The van der Waals surface area contributed by atoms with E-state index in [9.17, 15) is 9.90 Å². The highest BCUT2D eigenvalue weighted by Gasteiger charge is 2.21. The lowest BCUT2D eigenvalue weighted by atomic mass is 9.93. The molecule has 0 saturated heterocycles. The summed E-state index contributed by atoms with van der Waals surface area (Å²) in [5.74, 6) is 0.514. The molecular weight excluding hydrogens is 318 g/mol. The molecule has 0 bridgehead atoms. The van der Waals surface area contributed by atoms with E-state index < -0.39 is 0 Å². The third kappa shape index (κ3) is 3.92. The number of rotatable bonds is 6. The molecule has 0 aromatic carbocycles. The SMILES string of the molecule is CCCNC(=O)c1cc2cnc(N[C@H]3CC[C@H](O)CC3)nc2n1CC. The first kappa shape index (κ1) is 17.7. The maximum atomic E-state index is 12.4. The van der Waals surface area contributed by atoms with E-state index in [1.165, 1.54) is 0 Å². The fourth-order valence-electron chi connectivity index (χ4n) is 3.35. The second-order valence-corrected chi connectivity index (χ2v) is 6.65. The van der Waals surface area contributed by atoms with Crippen molar-refractivity contribution in [1.82, 2.24) is 19.9 Å². The average Bonchev–Trinajstić information content (AvgIpc) is 2.99. The molecule has 1 fully saturated rings. The first-order valence-corrected chi connectivity index (χ1v) is 9.21. The largest absolute Gasteiger partial charge is 0.393 e. The molecule has 7 heteroatoms. The molecule has 3 N–H and O–H groups in total. The molecule has 3 rings (SSSR count). The van der Waals surface area contributed by atoms with Gasteiger partial charge < -0.3 is 20.3 Å². The smallest absolute Gasteiger partial charge is 0.267 e. The maximum Gasteiger partial charge on any atom is 0.267 e. The summed E-state index contributed by atoms with van der Waals surface area (Å²) in [7, 11) is 0. The van der Waals surface area contributed by atoms with Crippen LogP contribution in [0, 0.1) is 0 Å². The van der Waals surface area contributed by atoms with Crippen LogP contribution in [0.1, 0.15) is 56.4 Å². The highest BCUT2D eigenvalue weighted by Crippen LogP contribution is 2.23. The van der Waals surface area contributed by atoms with Crippen LogP contribution in [-0.2, 0) is 6.54 Å². The predicted octanol–water partition coefficient (Wildman–Crippen LogP) is 2.31. The number of fused-ring (bicyclic) bond motifs is 1. The van der Waals surface area contributed by atoms with E-state index in [1.807, 2.05) is 24.5 Å². The van der Waals surface area contributed by atoms with Crippen molar-refractivity contribution in [3.05, 3.63) is 18.0 Å². The second-order valence-electron chi connectivity index (χ2n) is 6.65. The van der Waals surface area contributed by atoms with E-state index >= 15 is 0 Å². The van der Waals surface area contributed by atoms with Crippen LogP contribution < -0.4 is 10.6 Å². The molecule has 25 heavy (non-hydrogen) atoms. The summed E-state index contributed by atoms with van der Waals surface area (Å²) < 4.78 is 1.93. The van der Waals surface area contributed by atoms with Gasteiger partial charge in [0.15, 0.2) is 0 Å². The molecule has 0 aliphatic heterocycles. The summed E-state index contributed by atoms with van der Waals surface area (Å²) in [6.07, 6.45) is 5.96. The Kier molecular flexibility index (Phi) is 5.53. The quantitative estimate of drug-likeness (QED) is 0.747. The van der Waals surface area contributed by atoms with Crippen LogP contribution in [0.4, 0.5) is 5.95 Å². The minimum absolute atomic E-state index is 0.0718. The van der Waals surface area contributed by atoms with Gasteiger partial charge >= 0.3 is 0 Å². The molecule has 1 aliphatic carbocycles. The number of carbonyl (C=O) groups is 1. The first-order chi connectivity index (χ1) is 12.1. The van der Waals surface area contributed by atoms with Gasteiger partial charge in [0.25, 0.3) is 5.91 Å². The Bertz CT molecular complexity index is 734. The normalized spacial score (nSPS) is 20.6. The van der Waals surface area contributed by atoms with Gasteiger partial charge in [-0.05, 0) is 45.1 Å². The monoisotopic (exact) mass is 345 g/mol. The summed E-state index contributed by atoms with van der Waals surface area (Å²) in [4.78, 5) is 21.4. The van der Waals surface area contributed by atoms with Gasteiger partial charge in [-0.25, -0.2) is 4.98 Å². The van der Waals surface area contributed by atoms with Crippen LogP contribution in [0.2, 0.25) is 0 Å². The van der Waals surface area contributed by atoms with Crippen LogP contribution >= 0.6 is 0 Å². The summed E-state index contributed by atoms with van der Waals surface area (Å²) in [6, 6.07) is 2.14. The predicted molar refractivity (Wildman–Crippen MR) is 97.7 cm³/mol. The highest BCUT2D eigenvalue weighted by atomic mass is 16.3. The molecule has 0 spiro atoms. The number of nitrogens with one attached hydrogen (secondary N) is 2. The van der Waals surface area contributed by atoms with Crippen molar-refractivity contribution >= 4 is 22.9 Å². The third-order valence-corrected chi connectivity index (χ3v) is 4.75. The van der Waals surface area contributed by atoms with Gasteiger partial charge in [-0.15, -0.1) is 0 Å². The summed E-state index contributed by atoms with van der Waals surface area (Å²) in [5.41, 5.74) is 1.40. The Labute approximate surface area is 147 Å². The molecule has 1 saturated carbocycles. The Balaban J connectivity index is 1.82. The molecule has 2 heterocycles. The van der Waals surface area contributed by atoms with Gasteiger partial charge in [-0.3, -0.25) is 4.79 Å². The highest BCUT2D eigenvalue weighted by molar-refractivity contribution is 5.97. The number of nitrogens with zero attached hydrogens (tertiary/aromatic N) is 3. The third-order valence-electron chi connectivity index (χ3n) is 4.75. The molecule has 2 aromatic rings. The summed E-state index contributed by atoms with van der Waals surface area (Å²) >= 11 is 0.